The van der Waals surface area contributed by atoms with E-state index in [2.05, 4.69) is 36.7 Å². The molecule has 37 heavy (non-hydrogen) atoms. The van der Waals surface area contributed by atoms with Crippen molar-refractivity contribution in [1.29, 1.82) is 0 Å². The van der Waals surface area contributed by atoms with Crippen LogP contribution < -0.4 is 62.3 Å². The maximum atomic E-state index is 9.95. The second kappa shape index (κ2) is 20.3. The first-order valence-corrected chi connectivity index (χ1v) is 11.8. The molecule has 2 heterocycles. The predicted molar refractivity (Wildman–Crippen MR) is 135 cm³/mol. The number of hydrogen-bond acceptors (Lipinski definition) is 12. The van der Waals surface area contributed by atoms with Crippen LogP contribution >= 0.6 is 11.3 Å². The van der Waals surface area contributed by atoms with Crippen molar-refractivity contribution in [3.05, 3.63) is 83.1 Å². The fourth-order valence-corrected chi connectivity index (χ4v) is 3.25. The van der Waals surface area contributed by atoms with Gasteiger partial charge in [0.15, 0.2) is 0 Å². The molecule has 11 nitrogen and oxygen atoms in total. The Morgan fingerprint density at radius 1 is 0.892 bits per heavy atom. The van der Waals surface area contributed by atoms with Gasteiger partial charge in [0.2, 0.25) is 0 Å². The van der Waals surface area contributed by atoms with Crippen LogP contribution in [-0.2, 0) is 29.9 Å². The molecule has 0 unspecified atom stereocenters. The summed E-state index contributed by atoms with van der Waals surface area (Å²) >= 11 is 1.71. The van der Waals surface area contributed by atoms with Crippen molar-refractivity contribution in [3.8, 4) is 0 Å². The molecule has 0 spiro atoms. The zero-order valence-electron chi connectivity index (χ0n) is 20.5. The molecular weight excluding hydrogens is 548 g/mol. The second-order valence-electron chi connectivity index (χ2n) is 6.58. The Morgan fingerprint density at radius 2 is 1.43 bits per heavy atom. The summed E-state index contributed by atoms with van der Waals surface area (Å²) < 4.78 is 26.6. The minimum absolute atomic E-state index is 0. The molecule has 0 aliphatic carbocycles. The first kappa shape index (κ1) is 34.3. The third-order valence-corrected chi connectivity index (χ3v) is 4.65. The summed E-state index contributed by atoms with van der Waals surface area (Å²) in [7, 11) is -3.11. The molecule has 190 valence electrons. The van der Waals surface area contributed by atoms with E-state index in [1.165, 1.54) is 10.3 Å². The van der Waals surface area contributed by atoms with Crippen LogP contribution in [0.2, 0.25) is 0 Å². The number of fused-ring (bicyclic) bond motifs is 1. The fourth-order valence-electron chi connectivity index (χ4n) is 2.44. The quantitative estimate of drug-likeness (QED) is 0.146. The molecule has 14 heteroatoms. The number of pyridine rings is 1. The molecule has 4 rings (SSSR count). The molecule has 0 saturated heterocycles. The molecule has 0 amide bonds. The molecule has 0 saturated carbocycles. The number of rotatable bonds is 6. The normalized spacial score (nSPS) is 8.73. The zero-order valence-corrected chi connectivity index (χ0v) is 25.3. The van der Waals surface area contributed by atoms with Gasteiger partial charge in [-0.1, -0.05) is 4.70 Å². The van der Waals surface area contributed by atoms with E-state index < -0.39 is 10.6 Å². The monoisotopic (exact) mass is 570 g/mol. The third-order valence-electron chi connectivity index (χ3n) is 3.71. The van der Waals surface area contributed by atoms with Crippen molar-refractivity contribution < 1.29 is 83.3 Å². The standard InChI is InChI=1S/C9H10N2O4.C8H6NS.C6H7N.K.O3S/c1-7-2-8(10-14-5-12)4-9(3-7)11-15-6-13;1-6-9-7-4-2-3-5-8(7)10-6;1-6-2-4-7-5-3-6;;1-4(2)3/h2-6,10-11H,1H3;2,4-5H,1H3;2-5H,1H3;;/q;-1;;+1;. The van der Waals surface area contributed by atoms with Crippen LogP contribution in [0.1, 0.15) is 16.1 Å². The molecule has 0 radical (unpaired) electrons. The zero-order chi connectivity index (χ0) is 26.8. The van der Waals surface area contributed by atoms with Crippen molar-refractivity contribution in [2.24, 2.45) is 0 Å². The Hall–Kier alpha value is -2.72. The smallest absolute Gasteiger partial charge is 0.347 e. The minimum atomic E-state index is -3.11. The van der Waals surface area contributed by atoms with Gasteiger partial charge in [0, 0.05) is 12.4 Å². The van der Waals surface area contributed by atoms with Crippen LogP contribution in [0, 0.1) is 26.8 Å². The van der Waals surface area contributed by atoms with Gasteiger partial charge in [-0.05, 0) is 67.7 Å². The Balaban J connectivity index is 0.000000509. The van der Waals surface area contributed by atoms with Crippen LogP contribution in [0.15, 0.2) is 60.9 Å². The summed E-state index contributed by atoms with van der Waals surface area (Å²) in [5.41, 5.74) is 9.19. The average molecular weight is 571 g/mol. The summed E-state index contributed by atoms with van der Waals surface area (Å²) in [6.07, 6.45) is 3.57. The van der Waals surface area contributed by atoms with E-state index in [1.54, 1.807) is 41.9 Å². The maximum absolute atomic E-state index is 9.95. The van der Waals surface area contributed by atoms with E-state index in [0.717, 1.165) is 16.1 Å². The number of thiazole rings is 1. The predicted octanol–water partition coefficient (Wildman–Crippen LogP) is 0.790. The van der Waals surface area contributed by atoms with E-state index in [9.17, 15) is 9.59 Å². The van der Waals surface area contributed by atoms with Crippen molar-refractivity contribution in [3.63, 3.8) is 0 Å². The third kappa shape index (κ3) is 16.6. The van der Waals surface area contributed by atoms with Crippen LogP contribution in [0.5, 0.6) is 0 Å². The van der Waals surface area contributed by atoms with Crippen molar-refractivity contribution in [2.75, 3.05) is 11.0 Å². The van der Waals surface area contributed by atoms with Gasteiger partial charge in [0.1, 0.15) is 0 Å². The van der Waals surface area contributed by atoms with E-state index in [4.69, 9.17) is 12.6 Å². The van der Waals surface area contributed by atoms with E-state index in [1.807, 2.05) is 51.1 Å². The molecule has 2 aromatic heterocycles. The van der Waals surface area contributed by atoms with Crippen LogP contribution in [0.4, 0.5) is 11.4 Å². The van der Waals surface area contributed by atoms with Crippen molar-refractivity contribution in [2.45, 2.75) is 20.8 Å². The van der Waals surface area contributed by atoms with E-state index >= 15 is 0 Å². The maximum Gasteiger partial charge on any atom is 1.00 e. The molecule has 0 aliphatic rings. The molecule has 0 bridgehead atoms. The van der Waals surface area contributed by atoms with Crippen molar-refractivity contribution >= 4 is 56.5 Å². The van der Waals surface area contributed by atoms with Gasteiger partial charge in [0.25, 0.3) is 0 Å². The van der Waals surface area contributed by atoms with Crippen LogP contribution in [-0.4, -0.2) is 35.5 Å². The van der Waals surface area contributed by atoms with Gasteiger partial charge in [-0.3, -0.25) is 19.6 Å². The minimum Gasteiger partial charge on any atom is -0.347 e. The summed E-state index contributed by atoms with van der Waals surface area (Å²) in [5.74, 6) is 0. The van der Waals surface area contributed by atoms with Gasteiger partial charge in [-0.15, -0.1) is 18.7 Å². The number of hydrogen-bond donors (Lipinski definition) is 2. The molecule has 4 aromatic rings. The Bertz CT molecular complexity index is 1270. The van der Waals surface area contributed by atoms with Crippen molar-refractivity contribution in [1.82, 2.24) is 9.97 Å². The number of aromatic nitrogens is 2. The molecule has 2 N–H and O–H groups in total. The Labute approximate surface area is 262 Å². The average Bonchev–Trinajstić information content (AvgIpc) is 3.22. The van der Waals surface area contributed by atoms with Crippen LogP contribution in [0.3, 0.4) is 0 Å². The summed E-state index contributed by atoms with van der Waals surface area (Å²) in [6, 6.07) is 17.9. The Morgan fingerprint density at radius 3 is 1.86 bits per heavy atom. The summed E-state index contributed by atoms with van der Waals surface area (Å²) in [5, 5.41) is 1.12. The number of aryl methyl sites for hydroxylation is 3. The van der Waals surface area contributed by atoms with E-state index in [-0.39, 0.29) is 64.3 Å². The number of anilines is 2. The number of benzene rings is 2. The van der Waals surface area contributed by atoms with Gasteiger partial charge in [0.05, 0.1) is 16.4 Å². The SMILES string of the molecule is Cc1cc(NOC=O)cc(NOC=O)c1.Cc1ccncc1.Cc1nc2cc[c-]cc2s1.O=S(=O)=O.[K+]. The second-order valence-corrected chi connectivity index (χ2v) is 8.22. The molecule has 0 fully saturated rings. The molecule has 2 aromatic carbocycles. The van der Waals surface area contributed by atoms with Gasteiger partial charge in [-0.2, -0.15) is 29.5 Å². The molecule has 0 aliphatic heterocycles. The fraction of sp³-hybridized carbons (Fsp3) is 0.130. The number of nitrogens with one attached hydrogen (secondary N) is 2. The number of carbonyl (C=O) groups is 2. The van der Waals surface area contributed by atoms with Gasteiger partial charge >= 0.3 is 74.9 Å². The largest absolute Gasteiger partial charge is 1.00 e. The first-order valence-electron chi connectivity index (χ1n) is 9.94. The Kier molecular flexibility index (Phi) is 18.8. The van der Waals surface area contributed by atoms with E-state index in [0.29, 0.717) is 11.4 Å². The van der Waals surface area contributed by atoms with Gasteiger partial charge < -0.3 is 9.68 Å². The number of carbonyl (C=O) groups excluding carboxylic acids is 2. The van der Waals surface area contributed by atoms with Crippen LogP contribution in [0.25, 0.3) is 10.2 Å². The molecule has 0 atom stereocenters. The summed E-state index contributed by atoms with van der Waals surface area (Å²) in [4.78, 5) is 36.8. The number of nitrogens with zero attached hydrogens (tertiary/aromatic N) is 2. The topological polar surface area (TPSA) is 154 Å². The van der Waals surface area contributed by atoms with Gasteiger partial charge in [-0.25, -0.2) is 11.0 Å². The first-order chi connectivity index (χ1) is 17.2. The summed E-state index contributed by atoms with van der Waals surface area (Å²) in [6.45, 7) is 6.46. The molecular formula is C23H23KN4O7S2.